The van der Waals surface area contributed by atoms with Gasteiger partial charge in [0.2, 0.25) is 24.1 Å². The molecule has 0 fully saturated rings. The van der Waals surface area contributed by atoms with Crippen molar-refractivity contribution in [2.45, 2.75) is 45.4 Å². The van der Waals surface area contributed by atoms with Gasteiger partial charge in [-0.15, -0.1) is 0 Å². The zero-order valence-corrected chi connectivity index (χ0v) is 23.0. The first-order valence-corrected chi connectivity index (χ1v) is 13.6. The number of aliphatic hydroxyl groups excluding tert-OH is 1. The van der Waals surface area contributed by atoms with Crippen LogP contribution >= 0.6 is 0 Å². The molecular formula is C30H32N6O4. The van der Waals surface area contributed by atoms with Gasteiger partial charge in [0, 0.05) is 24.5 Å². The second-order valence-electron chi connectivity index (χ2n) is 10.5. The fourth-order valence-electron chi connectivity index (χ4n) is 6.33. The molecule has 3 aromatic rings. The number of nitrogens with one attached hydrogen (secondary N) is 2. The summed E-state index contributed by atoms with van der Waals surface area (Å²) in [5, 5.41) is 16.9. The van der Waals surface area contributed by atoms with Crippen molar-refractivity contribution < 1.29 is 19.5 Å². The number of benzene rings is 2. The number of anilines is 5. The molecule has 4 aliphatic rings. The highest BCUT2D eigenvalue weighted by Gasteiger charge is 2.51. The minimum atomic E-state index is -1.12. The van der Waals surface area contributed by atoms with Crippen LogP contribution in [-0.2, 0) is 32.6 Å². The number of pyridine rings is 1. The van der Waals surface area contributed by atoms with Gasteiger partial charge in [-0.1, -0.05) is 26.0 Å². The van der Waals surface area contributed by atoms with Gasteiger partial charge in [0.25, 0.3) is 0 Å². The molecule has 1 aliphatic carbocycles. The van der Waals surface area contributed by atoms with Gasteiger partial charge in [0.1, 0.15) is 18.9 Å². The molecule has 0 bridgehead atoms. The third-order valence-electron chi connectivity index (χ3n) is 8.19. The number of rotatable bonds is 3. The van der Waals surface area contributed by atoms with Crippen LogP contribution in [0.1, 0.15) is 36.1 Å². The Hall–Kier alpha value is -4.44. The van der Waals surface area contributed by atoms with Gasteiger partial charge >= 0.3 is 0 Å². The molecule has 1 spiro atoms. The first kappa shape index (κ1) is 25.8. The fourth-order valence-corrected chi connectivity index (χ4v) is 6.33. The Labute approximate surface area is 232 Å². The number of hydrogen-bond donors (Lipinski definition) is 3. The normalized spacial score (nSPS) is 21.5. The molecule has 0 saturated carbocycles. The molecule has 2 unspecified atom stereocenters. The molecule has 3 aliphatic heterocycles. The van der Waals surface area contributed by atoms with E-state index in [0.29, 0.717) is 24.3 Å². The minimum Gasteiger partial charge on any atom is -0.356 e. The molecule has 2 aromatic carbocycles. The fraction of sp³-hybridized carbons (Fsp3) is 0.333. The summed E-state index contributed by atoms with van der Waals surface area (Å²) >= 11 is 0. The SMILES string of the molecule is CC.Cc1cc2c3c(c1)N(CC(=O)Nc1ccc4c(c1)CC1(C4)C(=O)Nc4ncccc41)C(O)N3CC(=O)N2C. The van der Waals surface area contributed by atoms with Gasteiger partial charge in [0.15, 0.2) is 0 Å². The van der Waals surface area contributed by atoms with E-state index in [1.54, 1.807) is 27.9 Å². The maximum Gasteiger partial charge on any atom is 0.246 e. The van der Waals surface area contributed by atoms with Gasteiger partial charge in [-0.05, 0) is 66.8 Å². The molecule has 10 nitrogen and oxygen atoms in total. The minimum absolute atomic E-state index is 0.0393. The molecule has 206 valence electrons. The van der Waals surface area contributed by atoms with E-state index in [0.717, 1.165) is 39.3 Å². The average Bonchev–Trinajstić information content (AvgIpc) is 3.54. The van der Waals surface area contributed by atoms with Gasteiger partial charge < -0.3 is 30.4 Å². The second-order valence-corrected chi connectivity index (χ2v) is 10.5. The Kier molecular flexibility index (Phi) is 6.03. The molecular weight excluding hydrogens is 508 g/mol. The first-order chi connectivity index (χ1) is 19.2. The zero-order valence-electron chi connectivity index (χ0n) is 23.0. The number of hydrogen-bond acceptors (Lipinski definition) is 7. The number of nitrogens with zero attached hydrogens (tertiary/aromatic N) is 4. The van der Waals surface area contributed by atoms with Crippen molar-refractivity contribution in [1.29, 1.82) is 0 Å². The van der Waals surface area contributed by atoms with E-state index in [9.17, 15) is 19.5 Å². The number of fused-ring (bicyclic) bond motifs is 3. The summed E-state index contributed by atoms with van der Waals surface area (Å²) in [6.07, 6.45) is 1.67. The summed E-state index contributed by atoms with van der Waals surface area (Å²) in [5.74, 6) is 0.160. The van der Waals surface area contributed by atoms with E-state index < -0.39 is 11.8 Å². The lowest BCUT2D eigenvalue weighted by Gasteiger charge is -2.34. The second kappa shape index (κ2) is 9.34. The highest BCUT2D eigenvalue weighted by molar-refractivity contribution is 6.08. The number of aromatic nitrogens is 1. The number of likely N-dealkylation sites (N-methyl/N-ethyl adjacent to an activating group) is 1. The van der Waals surface area contributed by atoms with Crippen LogP contribution in [0.15, 0.2) is 48.7 Å². The van der Waals surface area contributed by atoms with E-state index in [1.165, 1.54) is 0 Å². The summed E-state index contributed by atoms with van der Waals surface area (Å²) in [5.41, 5.74) is 6.08. The smallest absolute Gasteiger partial charge is 0.246 e. The van der Waals surface area contributed by atoms with Crippen molar-refractivity contribution in [3.05, 3.63) is 70.9 Å². The molecule has 0 radical (unpaired) electrons. The van der Waals surface area contributed by atoms with E-state index in [-0.39, 0.29) is 30.8 Å². The molecule has 40 heavy (non-hydrogen) atoms. The van der Waals surface area contributed by atoms with Crippen LogP contribution in [0.25, 0.3) is 0 Å². The lowest BCUT2D eigenvalue weighted by atomic mass is 9.79. The van der Waals surface area contributed by atoms with Crippen LogP contribution in [-0.4, -0.2) is 54.3 Å². The molecule has 0 saturated heterocycles. The third kappa shape index (κ3) is 3.74. The van der Waals surface area contributed by atoms with Gasteiger partial charge in [-0.25, -0.2) is 4.98 Å². The topological polar surface area (TPSA) is 118 Å². The van der Waals surface area contributed by atoms with Gasteiger partial charge in [-0.3, -0.25) is 14.4 Å². The lowest BCUT2D eigenvalue weighted by Crippen LogP contribution is -2.51. The Bertz CT molecular complexity index is 1570. The largest absolute Gasteiger partial charge is 0.356 e. The van der Waals surface area contributed by atoms with Crippen LogP contribution in [0.5, 0.6) is 0 Å². The van der Waals surface area contributed by atoms with E-state index in [4.69, 9.17) is 0 Å². The van der Waals surface area contributed by atoms with Crippen LogP contribution in [0.2, 0.25) is 0 Å². The predicted octanol–water partition coefficient (Wildman–Crippen LogP) is 2.92. The molecule has 2 atom stereocenters. The monoisotopic (exact) mass is 540 g/mol. The quantitative estimate of drug-likeness (QED) is 0.468. The molecule has 7 rings (SSSR count). The third-order valence-corrected chi connectivity index (χ3v) is 8.19. The maximum atomic E-state index is 13.2. The summed E-state index contributed by atoms with van der Waals surface area (Å²) in [6.45, 7) is 5.87. The van der Waals surface area contributed by atoms with Crippen molar-refractivity contribution in [1.82, 2.24) is 4.98 Å². The standard InChI is InChI=1S/C28H26N6O4.C2H6/c1-15-8-20-24-21(9-15)33(27(38)34(24)14-23(36)32(20)2)13-22(35)30-18-6-5-16-11-28(12-17(16)10-18)19-4-3-7-29-25(19)31-26(28)37;1-2/h3-10,27,38H,11-14H2,1-2H3,(H,30,35)(H,29,31,37);1-2H3. The number of aryl methyl sites for hydroxylation is 1. The number of carbonyl (C=O) groups excluding carboxylic acids is 3. The van der Waals surface area contributed by atoms with Gasteiger partial charge in [-0.2, -0.15) is 0 Å². The molecule has 10 heteroatoms. The molecule has 3 N–H and O–H groups in total. The molecule has 4 heterocycles. The van der Waals surface area contributed by atoms with E-state index in [1.807, 2.05) is 63.2 Å². The van der Waals surface area contributed by atoms with E-state index >= 15 is 0 Å². The summed E-state index contributed by atoms with van der Waals surface area (Å²) in [4.78, 5) is 47.8. The van der Waals surface area contributed by atoms with Crippen molar-refractivity contribution >= 4 is 46.3 Å². The highest BCUT2D eigenvalue weighted by Crippen LogP contribution is 2.49. The van der Waals surface area contributed by atoms with Gasteiger partial charge in [0.05, 0.1) is 22.5 Å². The first-order valence-electron chi connectivity index (χ1n) is 13.6. The summed E-state index contributed by atoms with van der Waals surface area (Å²) in [7, 11) is 1.72. The Balaban J connectivity index is 0.00000142. The van der Waals surface area contributed by atoms with Crippen LogP contribution in [0, 0.1) is 6.92 Å². The summed E-state index contributed by atoms with van der Waals surface area (Å²) in [6, 6.07) is 13.4. The average molecular weight is 541 g/mol. The maximum absolute atomic E-state index is 13.2. The summed E-state index contributed by atoms with van der Waals surface area (Å²) < 4.78 is 0. The molecule has 1 aromatic heterocycles. The van der Waals surface area contributed by atoms with Crippen molar-refractivity contribution in [3.63, 3.8) is 0 Å². The Morgan fingerprint density at radius 3 is 2.67 bits per heavy atom. The Morgan fingerprint density at radius 2 is 1.88 bits per heavy atom. The van der Waals surface area contributed by atoms with Crippen molar-refractivity contribution in [3.8, 4) is 0 Å². The highest BCUT2D eigenvalue weighted by atomic mass is 16.3. The lowest BCUT2D eigenvalue weighted by molar-refractivity contribution is -0.120. The van der Waals surface area contributed by atoms with Crippen LogP contribution in [0.3, 0.4) is 0 Å². The van der Waals surface area contributed by atoms with Crippen LogP contribution < -0.4 is 25.3 Å². The zero-order chi connectivity index (χ0) is 28.3. The number of aliphatic hydroxyl groups is 1. The number of amides is 3. The Morgan fingerprint density at radius 1 is 1.12 bits per heavy atom. The van der Waals surface area contributed by atoms with Crippen LogP contribution in [0.4, 0.5) is 28.6 Å². The van der Waals surface area contributed by atoms with E-state index in [2.05, 4.69) is 15.6 Å². The van der Waals surface area contributed by atoms with Crippen molar-refractivity contribution in [2.24, 2.45) is 0 Å². The molecule has 3 amide bonds. The van der Waals surface area contributed by atoms with Crippen molar-refractivity contribution in [2.75, 3.05) is 45.5 Å². The predicted molar refractivity (Wildman–Crippen MR) is 154 cm³/mol. The number of carbonyl (C=O) groups is 3.